The molecule has 2 aromatic rings. The summed E-state index contributed by atoms with van der Waals surface area (Å²) in [6, 6.07) is 14.0. The monoisotopic (exact) mass is 385 g/mol. The van der Waals surface area contributed by atoms with Crippen LogP contribution in [0.3, 0.4) is 0 Å². The summed E-state index contributed by atoms with van der Waals surface area (Å²) in [6.07, 6.45) is 7.23. The van der Waals surface area contributed by atoms with Crippen molar-refractivity contribution in [3.05, 3.63) is 71.6 Å². The van der Waals surface area contributed by atoms with Crippen LogP contribution >= 0.6 is 0 Å². The first-order valence-electron chi connectivity index (χ1n) is 10.9. The number of aliphatic imine (C=N–C) groups is 1. The summed E-state index contributed by atoms with van der Waals surface area (Å²) in [5.41, 5.74) is 6.52. The van der Waals surface area contributed by atoms with Gasteiger partial charge in [0.25, 0.3) is 0 Å². The van der Waals surface area contributed by atoms with E-state index in [2.05, 4.69) is 73.2 Å². The van der Waals surface area contributed by atoms with Gasteiger partial charge >= 0.3 is 0 Å². The van der Waals surface area contributed by atoms with Crippen LogP contribution in [0.1, 0.15) is 37.3 Å². The first-order chi connectivity index (χ1) is 14.1. The molecule has 0 radical (unpaired) electrons. The smallest absolute Gasteiger partial charge is 0.0591 e. The van der Waals surface area contributed by atoms with Crippen molar-refractivity contribution in [1.82, 2.24) is 10.2 Å². The number of fused-ring (bicyclic) bond motifs is 5. The van der Waals surface area contributed by atoms with Gasteiger partial charge in [0.05, 0.1) is 11.4 Å². The molecule has 0 spiro atoms. The Labute approximate surface area is 174 Å². The van der Waals surface area contributed by atoms with Gasteiger partial charge in [0, 0.05) is 37.8 Å². The molecular weight excluding hydrogens is 354 g/mol. The predicted octanol–water partition coefficient (Wildman–Crippen LogP) is 4.83. The molecule has 3 heteroatoms. The van der Waals surface area contributed by atoms with Gasteiger partial charge in [-0.15, -0.1) is 0 Å². The third kappa shape index (κ3) is 2.59. The second-order valence-electron chi connectivity index (χ2n) is 9.03. The maximum absolute atomic E-state index is 4.90. The molecule has 3 nitrogen and oxygen atoms in total. The highest BCUT2D eigenvalue weighted by Crippen LogP contribution is 2.55. The molecule has 1 aliphatic heterocycles. The number of likely N-dealkylation sites (N-methyl/N-ethyl adjacent to an activating group) is 1. The second-order valence-corrected chi connectivity index (χ2v) is 9.03. The molecule has 3 unspecified atom stereocenters. The van der Waals surface area contributed by atoms with Crippen molar-refractivity contribution >= 4 is 16.5 Å². The van der Waals surface area contributed by atoms with E-state index in [0.717, 1.165) is 17.9 Å². The van der Waals surface area contributed by atoms with E-state index in [-0.39, 0.29) is 5.41 Å². The summed E-state index contributed by atoms with van der Waals surface area (Å²) in [4.78, 5) is 7.17. The molecule has 0 aromatic heterocycles. The maximum atomic E-state index is 4.90. The third-order valence-electron chi connectivity index (χ3n) is 7.76. The van der Waals surface area contributed by atoms with Gasteiger partial charge in [0.15, 0.2) is 0 Å². The molecule has 1 heterocycles. The van der Waals surface area contributed by atoms with Gasteiger partial charge in [-0.3, -0.25) is 4.99 Å². The standard InChI is InChI=1S/C26H31N3/c1-17-16-28-24(18(2)29(17)4)15-25(27-3)26-13-7-9-20(26)14-22-21-10-6-5-8-19(21)11-12-23(22)26/h5-6,8,10-12,15,17,20,28H,2,7,9,13-14,16H2,1,3-4H3/b24-15-,27-25+. The van der Waals surface area contributed by atoms with E-state index in [1.165, 1.54) is 47.7 Å². The van der Waals surface area contributed by atoms with E-state index in [4.69, 9.17) is 4.99 Å². The lowest BCUT2D eigenvalue weighted by molar-refractivity contribution is 0.294. The van der Waals surface area contributed by atoms with Gasteiger partial charge in [0.1, 0.15) is 0 Å². The first-order valence-corrected chi connectivity index (χ1v) is 10.9. The Morgan fingerprint density at radius 1 is 1.28 bits per heavy atom. The minimum atomic E-state index is 0.0463. The van der Waals surface area contributed by atoms with Crippen molar-refractivity contribution in [3.63, 3.8) is 0 Å². The largest absolute Gasteiger partial charge is 0.381 e. The normalized spacial score (nSPS) is 30.6. The van der Waals surface area contributed by atoms with Gasteiger partial charge in [-0.1, -0.05) is 49.4 Å². The van der Waals surface area contributed by atoms with Gasteiger partial charge in [-0.25, -0.2) is 0 Å². The number of rotatable bonds is 2. The quantitative estimate of drug-likeness (QED) is 0.750. The van der Waals surface area contributed by atoms with Gasteiger partial charge < -0.3 is 10.2 Å². The number of allylic oxidation sites excluding steroid dienone is 1. The molecule has 5 rings (SSSR count). The van der Waals surface area contributed by atoms with Crippen molar-refractivity contribution in [2.45, 2.75) is 44.1 Å². The van der Waals surface area contributed by atoms with Crippen LogP contribution in [-0.4, -0.2) is 37.3 Å². The molecule has 1 saturated heterocycles. The fourth-order valence-electron chi connectivity index (χ4n) is 6.02. The topological polar surface area (TPSA) is 27.6 Å². The Morgan fingerprint density at radius 3 is 2.93 bits per heavy atom. The Balaban J connectivity index is 1.64. The second kappa shape index (κ2) is 6.76. The average molecular weight is 386 g/mol. The van der Waals surface area contributed by atoms with E-state index in [0.29, 0.717) is 12.0 Å². The van der Waals surface area contributed by atoms with Gasteiger partial charge in [-0.2, -0.15) is 0 Å². The van der Waals surface area contributed by atoms with Crippen molar-refractivity contribution in [1.29, 1.82) is 0 Å². The van der Waals surface area contributed by atoms with Crippen molar-refractivity contribution < 1.29 is 0 Å². The Hall–Kier alpha value is -2.55. The van der Waals surface area contributed by atoms with Gasteiger partial charge in [-0.05, 0) is 60.1 Å². The Kier molecular flexibility index (Phi) is 4.31. The zero-order chi connectivity index (χ0) is 20.2. The molecule has 2 aliphatic carbocycles. The van der Waals surface area contributed by atoms with Crippen LogP contribution in [0.15, 0.2) is 65.4 Å². The molecular formula is C26H31N3. The van der Waals surface area contributed by atoms with Crippen LogP contribution in [0.4, 0.5) is 0 Å². The number of hydrogen-bond donors (Lipinski definition) is 1. The zero-order valence-corrected chi connectivity index (χ0v) is 17.8. The molecule has 1 N–H and O–H groups in total. The summed E-state index contributed by atoms with van der Waals surface area (Å²) in [7, 11) is 4.10. The zero-order valence-electron chi connectivity index (χ0n) is 17.8. The molecule has 29 heavy (non-hydrogen) atoms. The number of hydrogen-bond acceptors (Lipinski definition) is 3. The van der Waals surface area contributed by atoms with Crippen LogP contribution in [0.2, 0.25) is 0 Å². The van der Waals surface area contributed by atoms with Crippen molar-refractivity contribution in [3.8, 4) is 0 Å². The summed E-state index contributed by atoms with van der Waals surface area (Å²) >= 11 is 0. The van der Waals surface area contributed by atoms with E-state index in [1.807, 2.05) is 7.05 Å². The molecule has 2 aromatic carbocycles. The highest BCUT2D eigenvalue weighted by atomic mass is 15.2. The lowest BCUT2D eigenvalue weighted by Gasteiger charge is -2.37. The minimum Gasteiger partial charge on any atom is -0.381 e. The number of benzene rings is 2. The summed E-state index contributed by atoms with van der Waals surface area (Å²) in [5.74, 6) is 0.646. The van der Waals surface area contributed by atoms with Crippen LogP contribution in [0, 0.1) is 5.92 Å². The highest BCUT2D eigenvalue weighted by molar-refractivity contribution is 6.07. The number of piperazine rings is 1. The summed E-state index contributed by atoms with van der Waals surface area (Å²) < 4.78 is 0. The van der Waals surface area contributed by atoms with Crippen molar-refractivity contribution in [2.24, 2.45) is 10.9 Å². The van der Waals surface area contributed by atoms with E-state index in [9.17, 15) is 0 Å². The molecule has 3 atom stereocenters. The van der Waals surface area contributed by atoms with Crippen LogP contribution in [-0.2, 0) is 11.8 Å². The van der Waals surface area contributed by atoms with E-state index < -0.39 is 0 Å². The van der Waals surface area contributed by atoms with E-state index >= 15 is 0 Å². The van der Waals surface area contributed by atoms with E-state index in [1.54, 1.807) is 5.56 Å². The van der Waals surface area contributed by atoms with Crippen LogP contribution < -0.4 is 5.32 Å². The molecule has 0 amide bonds. The molecule has 150 valence electrons. The lowest BCUT2D eigenvalue weighted by Crippen LogP contribution is -2.45. The lowest BCUT2D eigenvalue weighted by atomic mass is 9.72. The Morgan fingerprint density at radius 2 is 2.10 bits per heavy atom. The van der Waals surface area contributed by atoms with Crippen molar-refractivity contribution in [2.75, 3.05) is 20.6 Å². The predicted molar refractivity (Wildman–Crippen MR) is 122 cm³/mol. The number of nitrogens with zero attached hydrogens (tertiary/aromatic N) is 2. The first kappa shape index (κ1) is 18.5. The molecule has 3 aliphatic rings. The Bertz CT molecular complexity index is 1050. The fraction of sp³-hybridized carbons (Fsp3) is 0.423. The molecule has 1 saturated carbocycles. The average Bonchev–Trinajstić information content (AvgIpc) is 3.29. The van der Waals surface area contributed by atoms with Crippen LogP contribution in [0.5, 0.6) is 0 Å². The molecule has 0 bridgehead atoms. The minimum absolute atomic E-state index is 0.0463. The summed E-state index contributed by atoms with van der Waals surface area (Å²) in [6.45, 7) is 7.52. The maximum Gasteiger partial charge on any atom is 0.0591 e. The van der Waals surface area contributed by atoms with Gasteiger partial charge in [0.2, 0.25) is 0 Å². The summed E-state index contributed by atoms with van der Waals surface area (Å²) in [5, 5.41) is 6.39. The molecule has 2 fully saturated rings. The fourth-order valence-corrected chi connectivity index (χ4v) is 6.02. The third-order valence-corrected chi connectivity index (χ3v) is 7.76. The van der Waals surface area contributed by atoms with Crippen LogP contribution in [0.25, 0.3) is 10.8 Å². The number of nitrogens with one attached hydrogen (secondary N) is 1. The SMILES string of the molecule is C=C1/C(=C/C(=N\C)C23CCCC2Cc2c3ccc3ccccc23)NCC(C)N1C. The highest BCUT2D eigenvalue weighted by Gasteiger charge is 2.52.